The smallest absolute Gasteiger partial charge is 0.271 e. The lowest BCUT2D eigenvalue weighted by Gasteiger charge is -2.31. The zero-order valence-corrected chi connectivity index (χ0v) is 14.5. The molecule has 26 heavy (non-hydrogen) atoms. The molecule has 1 amide bonds. The van der Waals surface area contributed by atoms with E-state index in [2.05, 4.69) is 15.3 Å². The summed E-state index contributed by atoms with van der Waals surface area (Å²) in [5.41, 5.74) is 2.24. The van der Waals surface area contributed by atoms with Crippen molar-refractivity contribution < 1.29 is 14.3 Å². The van der Waals surface area contributed by atoms with E-state index in [-0.39, 0.29) is 18.1 Å². The number of imidazole rings is 1. The number of ether oxygens (including phenoxy) is 2. The summed E-state index contributed by atoms with van der Waals surface area (Å²) in [7, 11) is 0. The third-order valence-corrected chi connectivity index (χ3v) is 4.38. The number of hydrogen-bond donors (Lipinski definition) is 1. The summed E-state index contributed by atoms with van der Waals surface area (Å²) >= 11 is 0. The van der Waals surface area contributed by atoms with Crippen LogP contribution in [0.25, 0.3) is 5.65 Å². The van der Waals surface area contributed by atoms with E-state index in [4.69, 9.17) is 9.47 Å². The van der Waals surface area contributed by atoms with Gasteiger partial charge >= 0.3 is 0 Å². The van der Waals surface area contributed by atoms with Crippen LogP contribution in [0.15, 0.2) is 48.9 Å². The average molecular weight is 352 g/mol. The van der Waals surface area contributed by atoms with Crippen molar-refractivity contribution in [3.63, 3.8) is 0 Å². The number of amides is 1. The number of aryl methyl sites for hydroxylation is 1. The molecule has 4 rings (SSSR count). The maximum absolute atomic E-state index is 12.7. The van der Waals surface area contributed by atoms with E-state index in [0.29, 0.717) is 31.2 Å². The van der Waals surface area contributed by atoms with Gasteiger partial charge in [0.1, 0.15) is 17.4 Å². The zero-order chi connectivity index (χ0) is 17.9. The van der Waals surface area contributed by atoms with Crippen LogP contribution < -0.4 is 10.1 Å². The van der Waals surface area contributed by atoms with Gasteiger partial charge in [-0.05, 0) is 37.1 Å². The van der Waals surface area contributed by atoms with Gasteiger partial charge < -0.3 is 19.2 Å². The molecule has 3 aromatic rings. The molecule has 1 fully saturated rings. The van der Waals surface area contributed by atoms with Gasteiger partial charge in [-0.15, -0.1) is 0 Å². The third-order valence-electron chi connectivity index (χ3n) is 4.38. The molecule has 1 N–H and O–H groups in total. The number of nitrogens with zero attached hydrogens (tertiary/aromatic N) is 3. The summed E-state index contributed by atoms with van der Waals surface area (Å²) < 4.78 is 13.3. The van der Waals surface area contributed by atoms with Crippen molar-refractivity contribution in [2.45, 2.75) is 25.5 Å². The fraction of sp³-hybridized carbons (Fsp3) is 0.316. The minimum atomic E-state index is -0.290. The SMILES string of the molecule is Cc1ccn2cc(C(=O)N[C@@H]3CCOC[C@H]3Oc3ccccn3)nc2c1. The Morgan fingerprint density at radius 1 is 1.38 bits per heavy atom. The van der Waals surface area contributed by atoms with Crippen molar-refractivity contribution in [2.75, 3.05) is 13.2 Å². The quantitative estimate of drug-likeness (QED) is 0.777. The van der Waals surface area contributed by atoms with Crippen LogP contribution in [0.5, 0.6) is 5.88 Å². The predicted molar refractivity (Wildman–Crippen MR) is 95.3 cm³/mol. The Morgan fingerprint density at radius 3 is 3.15 bits per heavy atom. The summed E-state index contributed by atoms with van der Waals surface area (Å²) in [5.74, 6) is 0.304. The zero-order valence-electron chi connectivity index (χ0n) is 14.5. The summed E-state index contributed by atoms with van der Waals surface area (Å²) in [4.78, 5) is 21.3. The first-order chi connectivity index (χ1) is 12.7. The minimum Gasteiger partial charge on any atom is -0.470 e. The molecule has 0 radical (unpaired) electrons. The number of carbonyl (C=O) groups excluding carboxylic acids is 1. The van der Waals surface area contributed by atoms with Crippen LogP contribution in [0.3, 0.4) is 0 Å². The largest absolute Gasteiger partial charge is 0.470 e. The molecule has 0 unspecified atom stereocenters. The molecule has 1 saturated heterocycles. The maximum Gasteiger partial charge on any atom is 0.271 e. The topological polar surface area (TPSA) is 77.8 Å². The fourth-order valence-electron chi connectivity index (χ4n) is 3.00. The van der Waals surface area contributed by atoms with Crippen molar-refractivity contribution in [1.29, 1.82) is 0 Å². The molecule has 7 nitrogen and oxygen atoms in total. The molecule has 3 aromatic heterocycles. The monoisotopic (exact) mass is 352 g/mol. The highest BCUT2D eigenvalue weighted by molar-refractivity contribution is 5.93. The molecule has 0 spiro atoms. The molecule has 0 aromatic carbocycles. The standard InChI is InChI=1S/C19H20N4O3/c1-13-5-8-23-11-15(21-17(23)10-13)19(24)22-14-6-9-25-12-16(14)26-18-4-2-3-7-20-18/h2-5,7-8,10-11,14,16H,6,9,12H2,1H3,(H,22,24)/t14-,16-/m1/s1. The van der Waals surface area contributed by atoms with E-state index >= 15 is 0 Å². The first-order valence-corrected chi connectivity index (χ1v) is 8.61. The van der Waals surface area contributed by atoms with Gasteiger partial charge in [0.05, 0.1) is 12.6 Å². The summed E-state index contributed by atoms with van der Waals surface area (Å²) in [6.07, 6.45) is 5.69. The van der Waals surface area contributed by atoms with E-state index in [1.165, 1.54) is 0 Å². The van der Waals surface area contributed by atoms with E-state index < -0.39 is 0 Å². The highest BCUT2D eigenvalue weighted by atomic mass is 16.5. The van der Waals surface area contributed by atoms with Crippen molar-refractivity contribution in [3.8, 4) is 5.88 Å². The maximum atomic E-state index is 12.7. The van der Waals surface area contributed by atoms with Crippen molar-refractivity contribution in [1.82, 2.24) is 19.7 Å². The van der Waals surface area contributed by atoms with Crippen molar-refractivity contribution in [3.05, 3.63) is 60.2 Å². The second-order valence-electron chi connectivity index (χ2n) is 6.36. The first-order valence-electron chi connectivity index (χ1n) is 8.61. The lowest BCUT2D eigenvalue weighted by molar-refractivity contribution is -0.0153. The number of pyridine rings is 2. The summed E-state index contributed by atoms with van der Waals surface area (Å²) in [5, 5.41) is 3.03. The van der Waals surface area contributed by atoms with E-state index in [0.717, 1.165) is 11.2 Å². The molecular weight excluding hydrogens is 332 g/mol. The molecule has 1 aliphatic heterocycles. The molecule has 134 valence electrons. The van der Waals surface area contributed by atoms with Gasteiger partial charge in [0.2, 0.25) is 5.88 Å². The normalized spacial score (nSPS) is 20.0. The number of carbonyl (C=O) groups is 1. The molecule has 0 saturated carbocycles. The summed E-state index contributed by atoms with van der Waals surface area (Å²) in [6, 6.07) is 9.24. The van der Waals surface area contributed by atoms with Crippen LogP contribution in [0.4, 0.5) is 0 Å². The van der Waals surface area contributed by atoms with E-state index in [1.54, 1.807) is 18.5 Å². The molecule has 2 atom stereocenters. The Balaban J connectivity index is 1.48. The third kappa shape index (κ3) is 3.52. The van der Waals surface area contributed by atoms with Gasteiger partial charge in [-0.25, -0.2) is 9.97 Å². The van der Waals surface area contributed by atoms with Crippen LogP contribution in [0.2, 0.25) is 0 Å². The predicted octanol–water partition coefficient (Wildman–Crippen LogP) is 2.00. The van der Waals surface area contributed by atoms with Crippen LogP contribution in [0, 0.1) is 6.92 Å². The van der Waals surface area contributed by atoms with Gasteiger partial charge in [-0.2, -0.15) is 0 Å². The number of nitrogens with one attached hydrogen (secondary N) is 1. The van der Waals surface area contributed by atoms with Crippen molar-refractivity contribution in [2.24, 2.45) is 0 Å². The van der Waals surface area contributed by atoms with Gasteiger partial charge in [0.15, 0.2) is 0 Å². The molecule has 0 bridgehead atoms. The van der Waals surface area contributed by atoms with Crippen LogP contribution in [0.1, 0.15) is 22.5 Å². The van der Waals surface area contributed by atoms with E-state index in [9.17, 15) is 4.79 Å². The number of hydrogen-bond acceptors (Lipinski definition) is 5. The van der Waals surface area contributed by atoms with Gasteiger partial charge in [-0.1, -0.05) is 6.07 Å². The Hall–Kier alpha value is -2.93. The fourth-order valence-corrected chi connectivity index (χ4v) is 3.00. The number of rotatable bonds is 4. The molecular formula is C19H20N4O3. The number of aromatic nitrogens is 3. The molecule has 4 heterocycles. The highest BCUT2D eigenvalue weighted by Gasteiger charge is 2.30. The van der Waals surface area contributed by atoms with Crippen LogP contribution in [-0.4, -0.2) is 45.6 Å². The summed E-state index contributed by atoms with van der Waals surface area (Å²) in [6.45, 7) is 2.99. The van der Waals surface area contributed by atoms with Gasteiger partial charge in [0.25, 0.3) is 5.91 Å². The molecule has 1 aliphatic rings. The van der Waals surface area contributed by atoms with E-state index in [1.807, 2.05) is 41.8 Å². The first kappa shape index (κ1) is 16.5. The lowest BCUT2D eigenvalue weighted by Crippen LogP contribution is -2.51. The average Bonchev–Trinajstić information content (AvgIpc) is 3.07. The number of fused-ring (bicyclic) bond motifs is 1. The second kappa shape index (κ2) is 7.13. The van der Waals surface area contributed by atoms with Gasteiger partial charge in [0, 0.05) is 31.3 Å². The van der Waals surface area contributed by atoms with Gasteiger partial charge in [-0.3, -0.25) is 4.79 Å². The Kier molecular flexibility index (Phi) is 4.53. The lowest BCUT2D eigenvalue weighted by atomic mass is 10.1. The van der Waals surface area contributed by atoms with Crippen molar-refractivity contribution >= 4 is 11.6 Å². The Labute approximate surface area is 151 Å². The van der Waals surface area contributed by atoms with Crippen LogP contribution >= 0.6 is 0 Å². The minimum absolute atomic E-state index is 0.162. The molecule has 0 aliphatic carbocycles. The van der Waals surface area contributed by atoms with Crippen LogP contribution in [-0.2, 0) is 4.74 Å². The Bertz CT molecular complexity index is 910. The highest BCUT2D eigenvalue weighted by Crippen LogP contribution is 2.16. The second-order valence-corrected chi connectivity index (χ2v) is 6.36. The Morgan fingerprint density at radius 2 is 2.31 bits per heavy atom. The molecule has 7 heteroatoms.